The van der Waals surface area contributed by atoms with Gasteiger partial charge in [0.1, 0.15) is 0 Å². The Balaban J connectivity index is 2.21. The highest BCUT2D eigenvalue weighted by Gasteiger charge is 2.23. The van der Waals surface area contributed by atoms with E-state index in [1.165, 1.54) is 0 Å². The van der Waals surface area contributed by atoms with Crippen molar-refractivity contribution in [2.75, 3.05) is 0 Å². The van der Waals surface area contributed by atoms with E-state index in [1.54, 1.807) is 0 Å². The zero-order chi connectivity index (χ0) is 9.26. The van der Waals surface area contributed by atoms with Gasteiger partial charge in [-0.3, -0.25) is 0 Å². The molecule has 1 aromatic carbocycles. The second-order valence-corrected chi connectivity index (χ2v) is 3.61. The van der Waals surface area contributed by atoms with Crippen molar-refractivity contribution in [3.05, 3.63) is 34.9 Å². The van der Waals surface area contributed by atoms with Crippen LogP contribution >= 0.6 is 11.6 Å². The maximum atomic E-state index is 6.04. The van der Waals surface area contributed by atoms with Crippen molar-refractivity contribution >= 4 is 11.6 Å². The average Bonchev–Trinajstić information content (AvgIpc) is 2.53. The molecule has 0 aliphatic carbocycles. The van der Waals surface area contributed by atoms with Crippen molar-refractivity contribution in [2.24, 2.45) is 5.73 Å². The lowest BCUT2D eigenvalue weighted by molar-refractivity contribution is 0.552. The van der Waals surface area contributed by atoms with Crippen molar-refractivity contribution in [3.8, 4) is 0 Å². The van der Waals surface area contributed by atoms with Crippen LogP contribution in [0.15, 0.2) is 24.3 Å². The molecule has 0 radical (unpaired) electrons. The fourth-order valence-corrected chi connectivity index (χ4v) is 1.81. The summed E-state index contributed by atoms with van der Waals surface area (Å²) in [5.41, 5.74) is 12.9. The molecule has 0 aromatic heterocycles. The van der Waals surface area contributed by atoms with E-state index in [1.807, 2.05) is 24.3 Å². The first-order valence-corrected chi connectivity index (χ1v) is 4.66. The summed E-state index contributed by atoms with van der Waals surface area (Å²) in [7, 11) is 0. The van der Waals surface area contributed by atoms with Crippen LogP contribution in [0.4, 0.5) is 0 Å². The Morgan fingerprint density at radius 2 is 2.08 bits per heavy atom. The summed E-state index contributed by atoms with van der Waals surface area (Å²) in [5.74, 6) is 0. The minimum Gasteiger partial charge on any atom is -0.315 e. The van der Waals surface area contributed by atoms with Gasteiger partial charge in [0.25, 0.3) is 0 Å². The normalized spacial score (nSPS) is 27.8. The van der Waals surface area contributed by atoms with Gasteiger partial charge in [-0.1, -0.05) is 29.8 Å². The predicted molar refractivity (Wildman–Crippen MR) is 53.1 cm³/mol. The molecule has 2 unspecified atom stereocenters. The number of hydrogen-bond donors (Lipinski definition) is 3. The van der Waals surface area contributed by atoms with Crippen LogP contribution in [0.2, 0.25) is 5.02 Å². The summed E-state index contributed by atoms with van der Waals surface area (Å²) in [6, 6.07) is 8.03. The number of halogens is 1. The van der Waals surface area contributed by atoms with Crippen molar-refractivity contribution in [3.63, 3.8) is 0 Å². The Bertz CT molecular complexity index is 303. The van der Waals surface area contributed by atoms with E-state index in [2.05, 4.69) is 10.9 Å². The second kappa shape index (κ2) is 3.64. The summed E-state index contributed by atoms with van der Waals surface area (Å²) in [6.45, 7) is 0. The maximum absolute atomic E-state index is 6.04. The van der Waals surface area contributed by atoms with E-state index < -0.39 is 0 Å². The number of nitrogens with two attached hydrogens (primary N) is 1. The molecule has 1 aliphatic rings. The van der Waals surface area contributed by atoms with E-state index in [4.69, 9.17) is 17.3 Å². The average molecular weight is 198 g/mol. The zero-order valence-electron chi connectivity index (χ0n) is 7.13. The molecule has 0 bridgehead atoms. The number of rotatable bonds is 1. The molecule has 70 valence electrons. The number of hydrogen-bond acceptors (Lipinski definition) is 3. The standard InChI is InChI=1S/C9H12ClN3/c10-7-4-2-1-3-6(7)8-5-9(11)13-12-8/h1-4,8-9,12-13H,5,11H2. The van der Waals surface area contributed by atoms with Crippen LogP contribution in [-0.2, 0) is 0 Å². The highest BCUT2D eigenvalue weighted by Crippen LogP contribution is 2.26. The Kier molecular flexibility index (Phi) is 2.51. The number of nitrogens with one attached hydrogen (secondary N) is 2. The Hall–Kier alpha value is -0.610. The zero-order valence-corrected chi connectivity index (χ0v) is 7.88. The van der Waals surface area contributed by atoms with Gasteiger partial charge in [0, 0.05) is 5.02 Å². The summed E-state index contributed by atoms with van der Waals surface area (Å²) in [6.07, 6.45) is 0.880. The molecular formula is C9H12ClN3. The van der Waals surface area contributed by atoms with Gasteiger partial charge in [0.05, 0.1) is 12.2 Å². The van der Waals surface area contributed by atoms with E-state index >= 15 is 0 Å². The van der Waals surface area contributed by atoms with Crippen LogP contribution in [0, 0.1) is 0 Å². The molecule has 1 fully saturated rings. The fraction of sp³-hybridized carbons (Fsp3) is 0.333. The van der Waals surface area contributed by atoms with Crippen LogP contribution in [0.3, 0.4) is 0 Å². The van der Waals surface area contributed by atoms with E-state index in [0.717, 1.165) is 17.0 Å². The van der Waals surface area contributed by atoms with Gasteiger partial charge in [0.2, 0.25) is 0 Å². The minimum atomic E-state index is 0.0151. The Morgan fingerprint density at radius 1 is 1.31 bits per heavy atom. The lowest BCUT2D eigenvalue weighted by Crippen LogP contribution is -2.36. The van der Waals surface area contributed by atoms with Crippen LogP contribution < -0.4 is 16.6 Å². The van der Waals surface area contributed by atoms with Gasteiger partial charge in [-0.2, -0.15) is 0 Å². The van der Waals surface area contributed by atoms with Crippen molar-refractivity contribution < 1.29 is 0 Å². The first-order chi connectivity index (χ1) is 6.27. The third-order valence-electron chi connectivity index (χ3n) is 2.21. The lowest BCUT2D eigenvalue weighted by atomic mass is 10.0. The second-order valence-electron chi connectivity index (χ2n) is 3.20. The molecule has 0 spiro atoms. The van der Waals surface area contributed by atoms with Gasteiger partial charge >= 0.3 is 0 Å². The van der Waals surface area contributed by atoms with Gasteiger partial charge in [-0.25, -0.2) is 10.9 Å². The molecule has 4 heteroatoms. The van der Waals surface area contributed by atoms with Gasteiger partial charge < -0.3 is 5.73 Å². The van der Waals surface area contributed by atoms with E-state index in [-0.39, 0.29) is 12.2 Å². The molecule has 1 saturated heterocycles. The number of benzene rings is 1. The monoisotopic (exact) mass is 197 g/mol. The molecular weight excluding hydrogens is 186 g/mol. The minimum absolute atomic E-state index is 0.0151. The first-order valence-electron chi connectivity index (χ1n) is 4.28. The van der Waals surface area contributed by atoms with E-state index in [9.17, 15) is 0 Å². The van der Waals surface area contributed by atoms with Gasteiger partial charge in [0.15, 0.2) is 0 Å². The molecule has 0 amide bonds. The third kappa shape index (κ3) is 1.84. The highest BCUT2D eigenvalue weighted by molar-refractivity contribution is 6.31. The van der Waals surface area contributed by atoms with Crippen LogP contribution in [0.5, 0.6) is 0 Å². The highest BCUT2D eigenvalue weighted by atomic mass is 35.5. The van der Waals surface area contributed by atoms with E-state index in [0.29, 0.717) is 0 Å². The summed E-state index contributed by atoms with van der Waals surface area (Å²) < 4.78 is 0. The van der Waals surface area contributed by atoms with Crippen LogP contribution in [-0.4, -0.2) is 6.17 Å². The summed E-state index contributed by atoms with van der Waals surface area (Å²) in [4.78, 5) is 0. The lowest BCUT2D eigenvalue weighted by Gasteiger charge is -2.10. The molecule has 1 aromatic rings. The number of hydrazine groups is 1. The molecule has 2 rings (SSSR count). The Labute approximate surface area is 82.2 Å². The molecule has 4 N–H and O–H groups in total. The molecule has 1 heterocycles. The van der Waals surface area contributed by atoms with Crippen LogP contribution in [0.25, 0.3) is 0 Å². The summed E-state index contributed by atoms with van der Waals surface area (Å²) in [5, 5.41) is 0.788. The largest absolute Gasteiger partial charge is 0.315 e. The molecule has 1 aliphatic heterocycles. The molecule has 3 nitrogen and oxygen atoms in total. The first kappa shape index (κ1) is 8.97. The third-order valence-corrected chi connectivity index (χ3v) is 2.56. The van der Waals surface area contributed by atoms with Crippen molar-refractivity contribution in [2.45, 2.75) is 18.6 Å². The van der Waals surface area contributed by atoms with Gasteiger partial charge in [-0.05, 0) is 18.1 Å². The molecule has 0 saturated carbocycles. The summed E-state index contributed by atoms with van der Waals surface area (Å²) >= 11 is 6.04. The topological polar surface area (TPSA) is 50.1 Å². The van der Waals surface area contributed by atoms with Crippen molar-refractivity contribution in [1.29, 1.82) is 0 Å². The fourth-order valence-electron chi connectivity index (χ4n) is 1.54. The quantitative estimate of drug-likeness (QED) is 0.634. The molecule has 13 heavy (non-hydrogen) atoms. The Morgan fingerprint density at radius 3 is 2.69 bits per heavy atom. The van der Waals surface area contributed by atoms with Crippen molar-refractivity contribution in [1.82, 2.24) is 10.9 Å². The SMILES string of the molecule is NC1CC(c2ccccc2Cl)NN1. The molecule has 2 atom stereocenters. The predicted octanol–water partition coefficient (Wildman–Crippen LogP) is 1.16. The maximum Gasteiger partial charge on any atom is 0.0698 e. The van der Waals surface area contributed by atoms with Gasteiger partial charge in [-0.15, -0.1) is 0 Å². The van der Waals surface area contributed by atoms with Crippen LogP contribution in [0.1, 0.15) is 18.0 Å². The smallest absolute Gasteiger partial charge is 0.0698 e.